The van der Waals surface area contributed by atoms with Crippen molar-refractivity contribution in [2.24, 2.45) is 5.92 Å². The quantitative estimate of drug-likeness (QED) is 0.315. The molecule has 3 N–H and O–H groups in total. The van der Waals surface area contributed by atoms with E-state index in [4.69, 9.17) is 5.11 Å². The molecule has 0 fully saturated rings. The number of rotatable bonds is 12. The van der Waals surface area contributed by atoms with E-state index in [-0.39, 0.29) is 29.9 Å². The van der Waals surface area contributed by atoms with E-state index in [2.05, 4.69) is 48.4 Å². The van der Waals surface area contributed by atoms with Gasteiger partial charge in [-0.2, -0.15) is 4.31 Å². The number of aromatic nitrogens is 1. The summed E-state index contributed by atoms with van der Waals surface area (Å²) in [5, 5.41) is 23.2. The molecular weight excluding hydrogens is 514 g/mol. The summed E-state index contributed by atoms with van der Waals surface area (Å²) >= 11 is 0. The Hall–Kier alpha value is -3.11. The van der Waals surface area contributed by atoms with Gasteiger partial charge in [0.15, 0.2) is 0 Å². The van der Waals surface area contributed by atoms with Crippen molar-refractivity contribution < 1.29 is 23.4 Å². The first kappa shape index (κ1) is 28.9. The molecule has 1 aliphatic rings. The van der Waals surface area contributed by atoms with Gasteiger partial charge in [0.2, 0.25) is 10.0 Å². The van der Waals surface area contributed by atoms with Crippen LogP contribution in [0.5, 0.6) is 0 Å². The minimum Gasteiger partial charge on any atom is -0.481 e. The van der Waals surface area contributed by atoms with Crippen LogP contribution in [0.15, 0.2) is 71.9 Å². The second-order valence-electron chi connectivity index (χ2n) is 11.1. The Labute approximate surface area is 230 Å². The molecule has 1 aliphatic carbocycles. The second kappa shape index (κ2) is 12.0. The maximum atomic E-state index is 13.3. The molecule has 8 nitrogen and oxygen atoms in total. The molecule has 1 aromatic heterocycles. The van der Waals surface area contributed by atoms with E-state index < -0.39 is 22.1 Å². The first-order valence-corrected chi connectivity index (χ1v) is 14.6. The van der Waals surface area contributed by atoms with Gasteiger partial charge in [0, 0.05) is 43.6 Å². The van der Waals surface area contributed by atoms with Crippen LogP contribution in [0.4, 0.5) is 0 Å². The van der Waals surface area contributed by atoms with Crippen LogP contribution in [0, 0.1) is 5.92 Å². The van der Waals surface area contributed by atoms with E-state index in [9.17, 15) is 18.3 Å². The van der Waals surface area contributed by atoms with E-state index in [0.717, 1.165) is 23.6 Å². The molecule has 0 aliphatic heterocycles. The lowest BCUT2D eigenvalue weighted by molar-refractivity contribution is -0.136. The number of sulfonamides is 1. The number of carboxylic acids is 1. The lowest BCUT2D eigenvalue weighted by atomic mass is 9.88. The fourth-order valence-electron chi connectivity index (χ4n) is 5.37. The third-order valence-electron chi connectivity index (χ3n) is 7.26. The predicted molar refractivity (Wildman–Crippen MR) is 151 cm³/mol. The Morgan fingerprint density at radius 1 is 1.08 bits per heavy atom. The van der Waals surface area contributed by atoms with Gasteiger partial charge in [-0.05, 0) is 67.3 Å². The minimum absolute atomic E-state index is 0.00688. The Bertz CT molecular complexity index is 1400. The zero-order valence-electron chi connectivity index (χ0n) is 22.7. The molecule has 2 aromatic carbocycles. The van der Waals surface area contributed by atoms with Crippen LogP contribution < -0.4 is 5.32 Å². The highest BCUT2D eigenvalue weighted by atomic mass is 32.2. The Balaban J connectivity index is 1.34. The van der Waals surface area contributed by atoms with E-state index in [1.54, 1.807) is 30.5 Å². The monoisotopic (exact) mass is 551 g/mol. The number of hydrogen-bond donors (Lipinski definition) is 3. The molecule has 9 heteroatoms. The number of benzene rings is 2. The number of aliphatic carboxylic acids is 1. The van der Waals surface area contributed by atoms with Crippen molar-refractivity contribution in [3.63, 3.8) is 0 Å². The fourth-order valence-corrected chi connectivity index (χ4v) is 6.57. The van der Waals surface area contributed by atoms with Gasteiger partial charge < -0.3 is 15.5 Å². The number of fused-ring (bicyclic) bond motifs is 1. The van der Waals surface area contributed by atoms with Crippen LogP contribution in [0.25, 0.3) is 11.1 Å². The van der Waals surface area contributed by atoms with Gasteiger partial charge in [0.05, 0.1) is 12.5 Å². The molecule has 39 heavy (non-hydrogen) atoms. The number of β-amino-alcohol motifs (C(OH)–C–C–N with tert-alkyl or cyclic N) is 1. The summed E-state index contributed by atoms with van der Waals surface area (Å²) in [6.45, 7) is 4.43. The molecule has 0 amide bonds. The Morgan fingerprint density at radius 2 is 1.77 bits per heavy atom. The van der Waals surface area contributed by atoms with Crippen molar-refractivity contribution in [1.82, 2.24) is 14.6 Å². The summed E-state index contributed by atoms with van der Waals surface area (Å²) in [5.74, 6) is -0.404. The lowest BCUT2D eigenvalue weighted by Gasteiger charge is -2.31. The predicted octanol–water partition coefficient (Wildman–Crippen LogP) is 3.53. The highest BCUT2D eigenvalue weighted by molar-refractivity contribution is 7.89. The van der Waals surface area contributed by atoms with Gasteiger partial charge in [-0.1, -0.05) is 48.5 Å². The van der Waals surface area contributed by atoms with Crippen LogP contribution in [0.2, 0.25) is 0 Å². The van der Waals surface area contributed by atoms with Gasteiger partial charge in [0.25, 0.3) is 0 Å². The summed E-state index contributed by atoms with van der Waals surface area (Å²) in [4.78, 5) is 15.2. The Morgan fingerprint density at radius 3 is 2.44 bits per heavy atom. The van der Waals surface area contributed by atoms with Crippen LogP contribution in [0.1, 0.15) is 37.0 Å². The molecule has 1 atom stereocenters. The van der Waals surface area contributed by atoms with E-state index in [0.29, 0.717) is 22.6 Å². The number of pyridine rings is 1. The van der Waals surface area contributed by atoms with Crippen LogP contribution in [-0.4, -0.2) is 65.7 Å². The summed E-state index contributed by atoms with van der Waals surface area (Å²) in [5.41, 5.74) is 4.47. The van der Waals surface area contributed by atoms with Gasteiger partial charge in [0.1, 0.15) is 4.90 Å². The van der Waals surface area contributed by atoms with Crippen molar-refractivity contribution in [2.75, 3.05) is 20.1 Å². The molecule has 0 bridgehead atoms. The number of nitrogens with zero attached hydrogens (tertiary/aromatic N) is 2. The highest BCUT2D eigenvalue weighted by Gasteiger charge is 2.29. The van der Waals surface area contributed by atoms with Gasteiger partial charge in [-0.3, -0.25) is 9.78 Å². The maximum absolute atomic E-state index is 13.3. The standard InChI is InChI=1S/C30H37N3O5S/c1-30(2,16-22-12-23-8-4-5-9-24(23)13-22)32-18-27(34)20-33(3)39(37,38)28-15-26(17-31-19-28)25-10-6-7-21(11-25)14-29(35)36/h4-11,15,17,19,22,27,32,34H,12-14,16,18,20H2,1-3H3,(H,35,36). The second-order valence-corrected chi connectivity index (χ2v) is 13.2. The molecule has 0 spiro atoms. The first-order valence-electron chi connectivity index (χ1n) is 13.2. The number of likely N-dealkylation sites (N-methyl/N-ethyl adjacent to an activating group) is 1. The van der Waals surface area contributed by atoms with Gasteiger partial charge >= 0.3 is 5.97 Å². The molecule has 0 saturated carbocycles. The summed E-state index contributed by atoms with van der Waals surface area (Å²) in [6, 6.07) is 17.0. The van der Waals surface area contributed by atoms with Crippen molar-refractivity contribution in [3.8, 4) is 11.1 Å². The molecule has 0 radical (unpaired) electrons. The zero-order valence-corrected chi connectivity index (χ0v) is 23.5. The minimum atomic E-state index is -3.91. The molecule has 208 valence electrons. The van der Waals surface area contributed by atoms with E-state index >= 15 is 0 Å². The first-order chi connectivity index (χ1) is 18.4. The van der Waals surface area contributed by atoms with Gasteiger partial charge in [-0.15, -0.1) is 0 Å². The molecule has 0 saturated heterocycles. The van der Waals surface area contributed by atoms with Crippen molar-refractivity contribution in [1.29, 1.82) is 0 Å². The number of aliphatic hydroxyl groups excluding tert-OH is 1. The number of nitrogens with one attached hydrogen (secondary N) is 1. The molecule has 1 heterocycles. The number of hydrogen-bond acceptors (Lipinski definition) is 6. The maximum Gasteiger partial charge on any atom is 0.307 e. The highest BCUT2D eigenvalue weighted by Crippen LogP contribution is 2.32. The molecule has 1 unspecified atom stereocenters. The largest absolute Gasteiger partial charge is 0.481 e. The zero-order chi connectivity index (χ0) is 28.2. The third-order valence-corrected chi connectivity index (χ3v) is 9.04. The van der Waals surface area contributed by atoms with Gasteiger partial charge in [-0.25, -0.2) is 8.42 Å². The third kappa shape index (κ3) is 7.51. The normalized spacial score (nSPS) is 14.9. The van der Waals surface area contributed by atoms with Crippen LogP contribution >= 0.6 is 0 Å². The number of carbonyl (C=O) groups is 1. The van der Waals surface area contributed by atoms with Crippen LogP contribution in [-0.2, 0) is 34.1 Å². The molecule has 4 rings (SSSR count). The number of carboxylic acid groups (broad SMARTS) is 1. The number of aliphatic hydroxyl groups is 1. The average molecular weight is 552 g/mol. The molecular formula is C30H37N3O5S. The molecule has 3 aromatic rings. The summed E-state index contributed by atoms with van der Waals surface area (Å²) in [7, 11) is -2.46. The van der Waals surface area contributed by atoms with E-state index in [1.165, 1.54) is 30.4 Å². The van der Waals surface area contributed by atoms with E-state index in [1.807, 2.05) is 0 Å². The van der Waals surface area contributed by atoms with Crippen molar-refractivity contribution >= 4 is 16.0 Å². The fraction of sp³-hybridized carbons (Fsp3) is 0.400. The lowest BCUT2D eigenvalue weighted by Crippen LogP contribution is -2.47. The summed E-state index contributed by atoms with van der Waals surface area (Å²) < 4.78 is 27.7. The average Bonchev–Trinajstić information content (AvgIpc) is 3.29. The van der Waals surface area contributed by atoms with Crippen molar-refractivity contribution in [2.45, 2.75) is 56.1 Å². The Kier molecular flexibility index (Phi) is 8.86. The van der Waals surface area contributed by atoms with Crippen molar-refractivity contribution in [3.05, 3.63) is 83.7 Å². The SMILES string of the molecule is CN(CC(O)CNC(C)(C)CC1Cc2ccccc2C1)S(=O)(=O)c1cncc(-c2cccc(CC(=O)O)c2)c1. The summed E-state index contributed by atoms with van der Waals surface area (Å²) in [6.07, 6.45) is 4.87. The topological polar surface area (TPSA) is 120 Å². The van der Waals surface area contributed by atoms with Crippen LogP contribution in [0.3, 0.4) is 0 Å². The smallest absolute Gasteiger partial charge is 0.307 e.